The number of rotatable bonds is 6. The van der Waals surface area contributed by atoms with E-state index in [9.17, 15) is 13.2 Å². The second-order valence-corrected chi connectivity index (χ2v) is 8.54. The van der Waals surface area contributed by atoms with Crippen LogP contribution in [0.1, 0.15) is 20.8 Å². The van der Waals surface area contributed by atoms with Crippen molar-refractivity contribution in [1.29, 1.82) is 0 Å². The summed E-state index contributed by atoms with van der Waals surface area (Å²) in [5.41, 5.74) is 1.31. The zero-order valence-electron chi connectivity index (χ0n) is 14.1. The molecule has 0 saturated heterocycles. The maximum Gasteiger partial charge on any atom is 0.238 e. The van der Waals surface area contributed by atoms with Gasteiger partial charge in [-0.1, -0.05) is 25.6 Å². The lowest BCUT2D eigenvalue weighted by atomic mass is 10.1. The molecule has 0 radical (unpaired) electrons. The predicted octanol–water partition coefficient (Wildman–Crippen LogP) is 1.47. The van der Waals surface area contributed by atoms with E-state index in [-0.39, 0.29) is 22.6 Å². The number of fused-ring (bicyclic) bond motifs is 1. The first-order valence-electron chi connectivity index (χ1n) is 7.51. The SMILES string of the molecule is CC(C)[C@H](C)NC(=O)CSc1nc2cc(S(N)(=O)=O)ccc2n1C. The first-order valence-corrected chi connectivity index (χ1v) is 10.0. The minimum absolute atomic E-state index is 0.0214. The molecule has 0 unspecified atom stereocenters. The molecular formula is C15H22N4O3S2. The lowest BCUT2D eigenvalue weighted by Crippen LogP contribution is -2.37. The van der Waals surface area contributed by atoms with Gasteiger partial charge in [-0.15, -0.1) is 0 Å². The summed E-state index contributed by atoms with van der Waals surface area (Å²) < 4.78 is 24.7. The highest BCUT2D eigenvalue weighted by atomic mass is 32.2. The van der Waals surface area contributed by atoms with Crippen LogP contribution in [0, 0.1) is 5.92 Å². The fraction of sp³-hybridized carbons (Fsp3) is 0.467. The largest absolute Gasteiger partial charge is 0.353 e. The van der Waals surface area contributed by atoms with Crippen molar-refractivity contribution in [1.82, 2.24) is 14.9 Å². The molecule has 2 rings (SSSR count). The average Bonchev–Trinajstić information content (AvgIpc) is 2.80. The Labute approximate surface area is 146 Å². The van der Waals surface area contributed by atoms with Crippen molar-refractivity contribution in [2.45, 2.75) is 36.9 Å². The third-order valence-corrected chi connectivity index (χ3v) is 5.80. The molecule has 0 bridgehead atoms. The van der Waals surface area contributed by atoms with Crippen LogP contribution in [-0.2, 0) is 21.9 Å². The van der Waals surface area contributed by atoms with Crippen LogP contribution in [0.3, 0.4) is 0 Å². The Morgan fingerprint density at radius 1 is 1.38 bits per heavy atom. The molecule has 3 N–H and O–H groups in total. The molecule has 0 aliphatic carbocycles. The summed E-state index contributed by atoms with van der Waals surface area (Å²) in [5.74, 6) is 0.556. The van der Waals surface area contributed by atoms with Crippen molar-refractivity contribution < 1.29 is 13.2 Å². The quantitative estimate of drug-likeness (QED) is 0.749. The van der Waals surface area contributed by atoms with E-state index in [1.165, 1.54) is 23.9 Å². The number of carbonyl (C=O) groups is 1. The van der Waals surface area contributed by atoms with Gasteiger partial charge in [0.25, 0.3) is 0 Å². The van der Waals surface area contributed by atoms with Crippen LogP contribution in [0.25, 0.3) is 11.0 Å². The Bertz CT molecular complexity index is 859. The zero-order valence-corrected chi connectivity index (χ0v) is 15.7. The minimum Gasteiger partial charge on any atom is -0.353 e. The molecule has 1 aromatic heterocycles. The Balaban J connectivity index is 2.15. The number of thioether (sulfide) groups is 1. The van der Waals surface area contributed by atoms with Gasteiger partial charge in [-0.2, -0.15) is 0 Å². The number of benzene rings is 1. The first-order chi connectivity index (χ1) is 11.1. The number of hydrogen-bond donors (Lipinski definition) is 2. The van der Waals surface area contributed by atoms with Crippen LogP contribution in [-0.4, -0.2) is 35.7 Å². The molecule has 1 amide bonds. The number of imidazole rings is 1. The van der Waals surface area contributed by atoms with Crippen molar-refractivity contribution in [3.63, 3.8) is 0 Å². The fourth-order valence-electron chi connectivity index (χ4n) is 2.06. The van der Waals surface area contributed by atoms with E-state index in [4.69, 9.17) is 5.14 Å². The third-order valence-electron chi connectivity index (χ3n) is 3.86. The lowest BCUT2D eigenvalue weighted by molar-refractivity contribution is -0.119. The second kappa shape index (κ2) is 7.12. The number of sulfonamides is 1. The molecule has 24 heavy (non-hydrogen) atoms. The normalized spacial score (nSPS) is 13.4. The van der Waals surface area contributed by atoms with Crippen LogP contribution < -0.4 is 10.5 Å². The number of aromatic nitrogens is 2. The van der Waals surface area contributed by atoms with Gasteiger partial charge in [0.15, 0.2) is 5.16 Å². The molecule has 2 aromatic rings. The van der Waals surface area contributed by atoms with Crippen molar-refractivity contribution in [3.05, 3.63) is 18.2 Å². The van der Waals surface area contributed by atoms with Crippen LogP contribution in [0.5, 0.6) is 0 Å². The van der Waals surface area contributed by atoms with E-state index in [2.05, 4.69) is 10.3 Å². The summed E-state index contributed by atoms with van der Waals surface area (Å²) in [6.45, 7) is 6.07. The first kappa shape index (κ1) is 18.8. The van der Waals surface area contributed by atoms with Crippen molar-refractivity contribution in [3.8, 4) is 0 Å². The van der Waals surface area contributed by atoms with Gasteiger partial charge in [-0.05, 0) is 31.0 Å². The van der Waals surface area contributed by atoms with E-state index in [0.29, 0.717) is 16.6 Å². The molecule has 0 aliphatic rings. The highest BCUT2D eigenvalue weighted by molar-refractivity contribution is 7.99. The number of aryl methyl sites for hydroxylation is 1. The van der Waals surface area contributed by atoms with Gasteiger partial charge < -0.3 is 9.88 Å². The van der Waals surface area contributed by atoms with Crippen LogP contribution in [0.2, 0.25) is 0 Å². The second-order valence-electron chi connectivity index (χ2n) is 6.04. The summed E-state index contributed by atoms with van der Waals surface area (Å²) in [5, 5.41) is 8.72. The zero-order chi connectivity index (χ0) is 18.1. The van der Waals surface area contributed by atoms with Crippen LogP contribution in [0.4, 0.5) is 0 Å². The fourth-order valence-corrected chi connectivity index (χ4v) is 3.39. The number of nitrogens with one attached hydrogen (secondary N) is 1. The molecule has 132 valence electrons. The highest BCUT2D eigenvalue weighted by Gasteiger charge is 2.15. The van der Waals surface area contributed by atoms with Gasteiger partial charge in [0.2, 0.25) is 15.9 Å². The Morgan fingerprint density at radius 3 is 2.62 bits per heavy atom. The molecule has 0 fully saturated rings. The van der Waals surface area contributed by atoms with Gasteiger partial charge in [0, 0.05) is 13.1 Å². The topological polar surface area (TPSA) is 107 Å². The van der Waals surface area contributed by atoms with Crippen LogP contribution in [0.15, 0.2) is 28.3 Å². The summed E-state index contributed by atoms with van der Waals surface area (Å²) in [7, 11) is -1.94. The number of nitrogens with two attached hydrogens (primary N) is 1. The molecular weight excluding hydrogens is 348 g/mol. The monoisotopic (exact) mass is 370 g/mol. The molecule has 0 spiro atoms. The Morgan fingerprint density at radius 2 is 2.04 bits per heavy atom. The lowest BCUT2D eigenvalue weighted by Gasteiger charge is -2.17. The number of primary sulfonamides is 1. The minimum atomic E-state index is -3.77. The van der Waals surface area contributed by atoms with E-state index >= 15 is 0 Å². The van der Waals surface area contributed by atoms with E-state index < -0.39 is 10.0 Å². The maximum absolute atomic E-state index is 12.0. The molecule has 1 atom stereocenters. The van der Waals surface area contributed by atoms with Gasteiger partial charge in [0.1, 0.15) is 0 Å². The predicted molar refractivity (Wildman–Crippen MR) is 95.3 cm³/mol. The molecule has 7 nitrogen and oxygen atoms in total. The van der Waals surface area contributed by atoms with E-state index in [1.54, 1.807) is 6.07 Å². The third kappa shape index (κ3) is 4.28. The van der Waals surface area contributed by atoms with E-state index in [1.807, 2.05) is 32.4 Å². The van der Waals surface area contributed by atoms with Gasteiger partial charge in [-0.25, -0.2) is 18.5 Å². The molecule has 1 aromatic carbocycles. The van der Waals surface area contributed by atoms with Crippen molar-refractivity contribution >= 4 is 38.7 Å². The number of carbonyl (C=O) groups excluding carboxylic acids is 1. The van der Waals surface area contributed by atoms with Gasteiger partial charge >= 0.3 is 0 Å². The Hall–Kier alpha value is -1.58. The van der Waals surface area contributed by atoms with Crippen molar-refractivity contribution in [2.75, 3.05) is 5.75 Å². The Kier molecular flexibility index (Phi) is 5.56. The summed E-state index contributed by atoms with van der Waals surface area (Å²) >= 11 is 1.31. The molecule has 0 saturated carbocycles. The van der Waals surface area contributed by atoms with Crippen LogP contribution >= 0.6 is 11.8 Å². The maximum atomic E-state index is 12.0. The van der Waals surface area contributed by atoms with Gasteiger partial charge in [-0.3, -0.25) is 4.79 Å². The number of nitrogens with zero attached hydrogens (tertiary/aromatic N) is 2. The summed E-state index contributed by atoms with van der Waals surface area (Å²) in [6.07, 6.45) is 0. The highest BCUT2D eigenvalue weighted by Crippen LogP contribution is 2.24. The van der Waals surface area contributed by atoms with Crippen molar-refractivity contribution in [2.24, 2.45) is 18.1 Å². The average molecular weight is 371 g/mol. The molecule has 9 heteroatoms. The molecule has 0 aliphatic heterocycles. The smallest absolute Gasteiger partial charge is 0.238 e. The van der Waals surface area contributed by atoms with Gasteiger partial charge in [0.05, 0.1) is 21.7 Å². The number of amides is 1. The van der Waals surface area contributed by atoms with E-state index in [0.717, 1.165) is 5.52 Å². The molecule has 1 heterocycles. The summed E-state index contributed by atoms with van der Waals surface area (Å²) in [6, 6.07) is 4.66. The number of hydrogen-bond acceptors (Lipinski definition) is 5. The summed E-state index contributed by atoms with van der Waals surface area (Å²) in [4.78, 5) is 16.4. The standard InChI is InChI=1S/C15H22N4O3S2/c1-9(2)10(3)17-14(20)8-23-15-18-12-7-11(24(16,21)22)5-6-13(12)19(15)4/h5-7,9-10H,8H2,1-4H3,(H,17,20)(H2,16,21,22)/t10-/m0/s1.